The first-order valence-corrected chi connectivity index (χ1v) is 9.14. The molecule has 0 spiro atoms. The smallest absolute Gasteiger partial charge is 0.248 e. The Morgan fingerprint density at radius 3 is 2.96 bits per heavy atom. The summed E-state index contributed by atoms with van der Waals surface area (Å²) in [7, 11) is 0. The zero-order chi connectivity index (χ0) is 18.5. The number of nitrogens with one attached hydrogen (secondary N) is 1. The minimum absolute atomic E-state index is 0.0920. The van der Waals surface area contributed by atoms with E-state index in [1.165, 1.54) is 6.33 Å². The van der Waals surface area contributed by atoms with Gasteiger partial charge in [-0.1, -0.05) is 6.07 Å². The molecule has 136 valence electrons. The molecule has 0 unspecified atom stereocenters. The van der Waals surface area contributed by atoms with E-state index in [1.54, 1.807) is 28.5 Å². The topological polar surface area (TPSA) is 112 Å². The lowest BCUT2D eigenvalue weighted by Crippen LogP contribution is -2.23. The van der Waals surface area contributed by atoms with Crippen molar-refractivity contribution in [2.24, 2.45) is 0 Å². The molecular formula is C17H15N7O2S. The van der Waals surface area contributed by atoms with E-state index in [-0.39, 0.29) is 12.3 Å². The molecule has 10 heteroatoms. The van der Waals surface area contributed by atoms with Gasteiger partial charge >= 0.3 is 0 Å². The first kappa shape index (κ1) is 17.0. The Morgan fingerprint density at radius 1 is 1.26 bits per heavy atom. The third-order valence-corrected chi connectivity index (χ3v) is 4.44. The summed E-state index contributed by atoms with van der Waals surface area (Å²) in [5.74, 6) is 1.50. The highest BCUT2D eigenvalue weighted by Gasteiger charge is 2.11. The fraction of sp³-hybridized carbons (Fsp3) is 0.176. The van der Waals surface area contributed by atoms with Crippen LogP contribution in [0.25, 0.3) is 17.3 Å². The van der Waals surface area contributed by atoms with Crippen LogP contribution in [0.1, 0.15) is 17.9 Å². The van der Waals surface area contributed by atoms with E-state index in [0.717, 1.165) is 11.1 Å². The van der Waals surface area contributed by atoms with Gasteiger partial charge in [0.25, 0.3) is 0 Å². The maximum Gasteiger partial charge on any atom is 0.248 e. The number of hydrogen-bond acceptors (Lipinski definition) is 8. The quantitative estimate of drug-likeness (QED) is 0.521. The van der Waals surface area contributed by atoms with Crippen molar-refractivity contribution < 1.29 is 9.21 Å². The van der Waals surface area contributed by atoms with Gasteiger partial charge in [0.2, 0.25) is 17.7 Å². The van der Waals surface area contributed by atoms with E-state index in [2.05, 4.69) is 30.6 Å². The monoisotopic (exact) mass is 381 g/mol. The molecule has 4 heterocycles. The van der Waals surface area contributed by atoms with Crippen LogP contribution in [0.15, 0.2) is 52.2 Å². The van der Waals surface area contributed by atoms with E-state index < -0.39 is 0 Å². The summed E-state index contributed by atoms with van der Waals surface area (Å²) < 4.78 is 7.14. The second-order valence-electron chi connectivity index (χ2n) is 5.65. The van der Waals surface area contributed by atoms with Gasteiger partial charge in [-0.15, -0.1) is 10.2 Å². The van der Waals surface area contributed by atoms with Crippen LogP contribution in [0.4, 0.5) is 0 Å². The lowest BCUT2D eigenvalue weighted by molar-refractivity contribution is -0.121. The molecule has 0 atom stereocenters. The Balaban J connectivity index is 1.25. The normalized spacial score (nSPS) is 10.8. The number of carbonyl (C=O) groups excluding carboxylic acids is 1. The van der Waals surface area contributed by atoms with Gasteiger partial charge in [-0.25, -0.2) is 14.6 Å². The Hall–Kier alpha value is -3.40. The van der Waals surface area contributed by atoms with E-state index in [0.29, 0.717) is 30.6 Å². The molecule has 4 aromatic heterocycles. The summed E-state index contributed by atoms with van der Waals surface area (Å²) in [5.41, 5.74) is 1.79. The molecule has 0 aromatic carbocycles. The van der Waals surface area contributed by atoms with Crippen molar-refractivity contribution in [2.45, 2.75) is 19.4 Å². The van der Waals surface area contributed by atoms with Gasteiger partial charge in [0.05, 0.1) is 0 Å². The van der Waals surface area contributed by atoms with E-state index >= 15 is 0 Å². The van der Waals surface area contributed by atoms with Gasteiger partial charge in [0, 0.05) is 36.5 Å². The predicted molar refractivity (Wildman–Crippen MR) is 96.9 cm³/mol. The van der Waals surface area contributed by atoms with Crippen LogP contribution in [-0.4, -0.2) is 35.9 Å². The van der Waals surface area contributed by atoms with Crippen LogP contribution in [0.2, 0.25) is 0 Å². The number of pyridine rings is 1. The number of rotatable bonds is 7. The van der Waals surface area contributed by atoms with Crippen LogP contribution in [0.5, 0.6) is 0 Å². The zero-order valence-corrected chi connectivity index (χ0v) is 15.0. The summed E-state index contributed by atoms with van der Waals surface area (Å²) in [5, 5.41) is 18.7. The standard InChI is InChI=1S/C17H15N7O2S/c25-15(3-4-16-22-23-17(26-16)13-5-6-27-9-13)20-8-12-1-2-14(19-7-12)24-11-18-10-21-24/h1-2,5-7,9-11H,3-4,8H2,(H,20,25). The molecule has 1 N–H and O–H groups in total. The molecule has 1 amide bonds. The van der Waals surface area contributed by atoms with E-state index in [4.69, 9.17) is 4.42 Å². The van der Waals surface area contributed by atoms with Crippen LogP contribution < -0.4 is 5.32 Å². The molecule has 27 heavy (non-hydrogen) atoms. The average Bonchev–Trinajstić information content (AvgIpc) is 3.47. The first-order valence-electron chi connectivity index (χ1n) is 8.19. The summed E-state index contributed by atoms with van der Waals surface area (Å²) in [6, 6.07) is 5.62. The summed E-state index contributed by atoms with van der Waals surface area (Å²) in [6.45, 7) is 0.396. The van der Waals surface area contributed by atoms with Gasteiger partial charge in [-0.3, -0.25) is 4.79 Å². The number of aromatic nitrogens is 6. The number of thiophene rings is 1. The highest BCUT2D eigenvalue weighted by atomic mass is 32.1. The van der Waals surface area contributed by atoms with Gasteiger partial charge in [-0.05, 0) is 23.1 Å². The average molecular weight is 381 g/mol. The minimum Gasteiger partial charge on any atom is -0.421 e. The van der Waals surface area contributed by atoms with Crippen molar-refractivity contribution in [3.63, 3.8) is 0 Å². The fourth-order valence-corrected chi connectivity index (χ4v) is 2.98. The van der Waals surface area contributed by atoms with Crippen molar-refractivity contribution in [3.05, 3.63) is 59.3 Å². The Kier molecular flexibility index (Phi) is 4.97. The molecule has 0 radical (unpaired) electrons. The number of aryl methyl sites for hydroxylation is 1. The molecule has 0 fully saturated rings. The number of amides is 1. The van der Waals surface area contributed by atoms with Crippen LogP contribution >= 0.6 is 11.3 Å². The number of hydrogen-bond donors (Lipinski definition) is 1. The molecule has 0 saturated heterocycles. The Bertz CT molecular complexity index is 995. The minimum atomic E-state index is -0.0920. The highest BCUT2D eigenvalue weighted by Crippen LogP contribution is 2.20. The van der Waals surface area contributed by atoms with E-state index in [1.807, 2.05) is 29.0 Å². The van der Waals surface area contributed by atoms with Gasteiger partial charge in [0.15, 0.2) is 5.82 Å². The summed E-state index contributed by atoms with van der Waals surface area (Å²) in [4.78, 5) is 20.2. The van der Waals surface area contributed by atoms with Crippen molar-refractivity contribution >= 4 is 17.2 Å². The van der Waals surface area contributed by atoms with E-state index in [9.17, 15) is 4.79 Å². The fourth-order valence-electron chi connectivity index (χ4n) is 2.35. The number of carbonyl (C=O) groups is 1. The molecule has 4 rings (SSSR count). The third kappa shape index (κ3) is 4.23. The summed E-state index contributed by atoms with van der Waals surface area (Å²) >= 11 is 1.56. The lowest BCUT2D eigenvalue weighted by atomic mass is 10.2. The molecule has 0 aliphatic heterocycles. The van der Waals surface area contributed by atoms with Gasteiger partial charge < -0.3 is 9.73 Å². The van der Waals surface area contributed by atoms with Crippen LogP contribution in [-0.2, 0) is 17.8 Å². The summed E-state index contributed by atoms with van der Waals surface area (Å²) in [6.07, 6.45) is 5.39. The largest absolute Gasteiger partial charge is 0.421 e. The lowest BCUT2D eigenvalue weighted by Gasteiger charge is -2.05. The van der Waals surface area contributed by atoms with Crippen molar-refractivity contribution in [3.8, 4) is 17.3 Å². The number of nitrogens with zero attached hydrogens (tertiary/aromatic N) is 6. The Morgan fingerprint density at radius 2 is 2.22 bits per heavy atom. The molecule has 0 aliphatic carbocycles. The predicted octanol–water partition coefficient (Wildman–Crippen LogP) is 2.02. The molecule has 0 saturated carbocycles. The van der Waals surface area contributed by atoms with Gasteiger partial charge in [0.1, 0.15) is 12.7 Å². The van der Waals surface area contributed by atoms with Crippen molar-refractivity contribution in [2.75, 3.05) is 0 Å². The molecular weight excluding hydrogens is 366 g/mol. The maximum atomic E-state index is 12.0. The first-order chi connectivity index (χ1) is 13.3. The molecule has 0 bridgehead atoms. The molecule has 0 aliphatic rings. The maximum absolute atomic E-state index is 12.0. The molecule has 9 nitrogen and oxygen atoms in total. The van der Waals surface area contributed by atoms with Crippen LogP contribution in [0.3, 0.4) is 0 Å². The SMILES string of the molecule is O=C(CCc1nnc(-c2ccsc2)o1)NCc1ccc(-n2cncn2)nc1. The van der Waals surface area contributed by atoms with Gasteiger partial charge in [-0.2, -0.15) is 16.4 Å². The zero-order valence-electron chi connectivity index (χ0n) is 14.1. The van der Waals surface area contributed by atoms with Crippen molar-refractivity contribution in [1.29, 1.82) is 0 Å². The van der Waals surface area contributed by atoms with Crippen molar-refractivity contribution in [1.82, 2.24) is 35.3 Å². The second kappa shape index (κ2) is 7.87. The molecule has 4 aromatic rings. The second-order valence-corrected chi connectivity index (χ2v) is 6.43. The van der Waals surface area contributed by atoms with Crippen LogP contribution in [0, 0.1) is 0 Å². The highest BCUT2D eigenvalue weighted by molar-refractivity contribution is 7.08. The third-order valence-electron chi connectivity index (χ3n) is 3.75. The Labute approximate surface area is 158 Å².